The van der Waals surface area contributed by atoms with Crippen LogP contribution in [0.1, 0.15) is 66.6 Å². The summed E-state index contributed by atoms with van der Waals surface area (Å²) in [6.45, 7) is 2.40. The summed E-state index contributed by atoms with van der Waals surface area (Å²) in [5.74, 6) is 0.0962. The zero-order valence-corrected chi connectivity index (χ0v) is 20.7. The van der Waals surface area contributed by atoms with Crippen molar-refractivity contribution in [3.8, 4) is 11.3 Å². The Labute approximate surface area is 213 Å². The molecule has 8 nitrogen and oxygen atoms in total. The lowest BCUT2D eigenvalue weighted by Crippen LogP contribution is -2.47. The highest BCUT2D eigenvalue weighted by Crippen LogP contribution is 2.46. The average molecular weight is 511 g/mol. The van der Waals surface area contributed by atoms with Crippen LogP contribution in [0.15, 0.2) is 35.1 Å². The molecule has 2 aliphatic heterocycles. The second-order valence-electron chi connectivity index (χ2n) is 10.3. The molecule has 37 heavy (non-hydrogen) atoms. The fourth-order valence-electron chi connectivity index (χ4n) is 5.84. The molecule has 3 unspecified atom stereocenters. The Hall–Kier alpha value is -3.40. The predicted molar refractivity (Wildman–Crippen MR) is 129 cm³/mol. The molecular weight excluding hydrogens is 482 g/mol. The van der Waals surface area contributed by atoms with E-state index in [0.29, 0.717) is 28.8 Å². The predicted octanol–water partition coefficient (Wildman–Crippen LogP) is 5.04. The maximum atomic E-state index is 14.6. The normalized spacial score (nSPS) is 24.9. The van der Waals surface area contributed by atoms with E-state index in [4.69, 9.17) is 14.0 Å². The standard InChI is InChI=1S/C27H28F2N4O4/c1-14-8-17-9-18(10-22(14)33(17)27-30-11-16(12-31-27)26(34)35-2)36-13-19-24(32-37-25(19)15-6-7-15)23-20(28)4-3-5-21(23)29/h3-5,11-12,14-15,17-18,22H,6-10,13H2,1-2H3/t14-,17?,18?,22?/m1/s1. The van der Waals surface area contributed by atoms with Crippen LogP contribution in [-0.2, 0) is 16.1 Å². The van der Waals surface area contributed by atoms with Crippen molar-refractivity contribution < 1.29 is 27.6 Å². The highest BCUT2D eigenvalue weighted by molar-refractivity contribution is 5.88. The summed E-state index contributed by atoms with van der Waals surface area (Å²) >= 11 is 0. The van der Waals surface area contributed by atoms with Crippen molar-refractivity contribution in [3.63, 3.8) is 0 Å². The van der Waals surface area contributed by atoms with Gasteiger partial charge >= 0.3 is 5.97 Å². The Morgan fingerprint density at radius 2 is 1.86 bits per heavy atom. The Morgan fingerprint density at radius 3 is 2.51 bits per heavy atom. The average Bonchev–Trinajstić information content (AvgIpc) is 3.62. The first-order valence-corrected chi connectivity index (χ1v) is 12.7. The summed E-state index contributed by atoms with van der Waals surface area (Å²) in [4.78, 5) is 22.9. The molecule has 194 valence electrons. The number of aromatic nitrogens is 3. The number of anilines is 1. The Kier molecular flexibility index (Phi) is 6.14. The molecule has 0 amide bonds. The molecule has 3 aromatic rings. The number of hydrogen-bond acceptors (Lipinski definition) is 8. The molecule has 0 radical (unpaired) electrons. The molecule has 0 N–H and O–H groups in total. The highest BCUT2D eigenvalue weighted by atomic mass is 19.1. The molecule has 1 aliphatic carbocycles. The number of carbonyl (C=O) groups is 1. The molecule has 4 atom stereocenters. The Morgan fingerprint density at radius 1 is 1.14 bits per heavy atom. The third kappa shape index (κ3) is 4.37. The Bertz CT molecular complexity index is 1290. The number of halogens is 2. The number of piperidine rings is 1. The van der Waals surface area contributed by atoms with E-state index in [9.17, 15) is 13.6 Å². The van der Waals surface area contributed by atoms with Gasteiger partial charge in [0.15, 0.2) is 0 Å². The molecule has 6 rings (SSSR count). The molecule has 1 aromatic carbocycles. The van der Waals surface area contributed by atoms with Crippen LogP contribution in [-0.4, -0.2) is 46.4 Å². The Balaban J connectivity index is 1.20. The third-order valence-electron chi connectivity index (χ3n) is 7.81. The fraction of sp³-hybridized carbons (Fsp3) is 0.481. The fourth-order valence-corrected chi connectivity index (χ4v) is 5.84. The van der Waals surface area contributed by atoms with E-state index in [2.05, 4.69) is 26.9 Å². The van der Waals surface area contributed by atoms with Gasteiger partial charge in [0.25, 0.3) is 0 Å². The second-order valence-corrected chi connectivity index (χ2v) is 10.3. The molecule has 3 aliphatic rings. The van der Waals surface area contributed by atoms with Gasteiger partial charge in [0, 0.05) is 36.0 Å². The number of esters is 1. The van der Waals surface area contributed by atoms with Crippen LogP contribution in [0.5, 0.6) is 0 Å². The van der Waals surface area contributed by atoms with Crippen LogP contribution < -0.4 is 4.90 Å². The van der Waals surface area contributed by atoms with E-state index in [1.807, 2.05) is 0 Å². The maximum Gasteiger partial charge on any atom is 0.341 e. The summed E-state index contributed by atoms with van der Waals surface area (Å²) in [5.41, 5.74) is 0.960. The third-order valence-corrected chi connectivity index (χ3v) is 7.81. The number of ether oxygens (including phenoxy) is 2. The summed E-state index contributed by atoms with van der Waals surface area (Å²) in [6, 6.07) is 4.16. The first kappa shape index (κ1) is 24.0. The number of rotatable bonds is 7. The summed E-state index contributed by atoms with van der Waals surface area (Å²) < 4.78 is 45.9. The number of methoxy groups -OCH3 is 1. The number of nitrogens with zero attached hydrogens (tertiary/aromatic N) is 4. The van der Waals surface area contributed by atoms with Gasteiger partial charge in [0.1, 0.15) is 23.1 Å². The van der Waals surface area contributed by atoms with Crippen molar-refractivity contribution in [3.05, 3.63) is 59.1 Å². The van der Waals surface area contributed by atoms with E-state index in [1.54, 1.807) is 0 Å². The minimum absolute atomic E-state index is 0.0363. The molecule has 3 fully saturated rings. The summed E-state index contributed by atoms with van der Waals surface area (Å²) in [7, 11) is 1.33. The number of fused-ring (bicyclic) bond motifs is 2. The van der Waals surface area contributed by atoms with E-state index >= 15 is 0 Å². The molecular formula is C27H28F2N4O4. The van der Waals surface area contributed by atoms with Crippen molar-refractivity contribution in [1.29, 1.82) is 0 Å². The van der Waals surface area contributed by atoms with Gasteiger partial charge in [-0.3, -0.25) is 0 Å². The van der Waals surface area contributed by atoms with Crippen LogP contribution in [0.25, 0.3) is 11.3 Å². The van der Waals surface area contributed by atoms with E-state index < -0.39 is 17.6 Å². The van der Waals surface area contributed by atoms with Crippen molar-refractivity contribution >= 4 is 11.9 Å². The quantitative estimate of drug-likeness (QED) is 0.409. The molecule has 1 saturated carbocycles. The minimum atomic E-state index is -0.671. The zero-order valence-electron chi connectivity index (χ0n) is 20.7. The van der Waals surface area contributed by atoms with Crippen LogP contribution in [0.2, 0.25) is 0 Å². The topological polar surface area (TPSA) is 90.6 Å². The summed E-state index contributed by atoms with van der Waals surface area (Å²) in [6.07, 6.45) is 7.42. The van der Waals surface area contributed by atoms with Crippen LogP contribution in [0.3, 0.4) is 0 Å². The van der Waals surface area contributed by atoms with Gasteiger partial charge in [-0.25, -0.2) is 23.5 Å². The van der Waals surface area contributed by atoms with Crippen molar-refractivity contribution in [1.82, 2.24) is 15.1 Å². The smallest absolute Gasteiger partial charge is 0.341 e. The van der Waals surface area contributed by atoms with Crippen molar-refractivity contribution in [2.24, 2.45) is 5.92 Å². The maximum absolute atomic E-state index is 14.6. The second kappa shape index (κ2) is 9.48. The molecule has 4 heterocycles. The minimum Gasteiger partial charge on any atom is -0.465 e. The zero-order chi connectivity index (χ0) is 25.7. The molecule has 2 saturated heterocycles. The largest absolute Gasteiger partial charge is 0.465 e. The van der Waals surface area contributed by atoms with Gasteiger partial charge in [-0.15, -0.1) is 0 Å². The molecule has 2 aromatic heterocycles. The molecule has 2 bridgehead atoms. The highest BCUT2D eigenvalue weighted by Gasteiger charge is 2.46. The number of carbonyl (C=O) groups excluding carboxylic acids is 1. The monoisotopic (exact) mass is 510 g/mol. The SMILES string of the molecule is COC(=O)c1cnc(N2C3CC(OCc4c(-c5c(F)cccc5F)noc4C4CC4)CC2[C@H](C)C3)nc1. The van der Waals surface area contributed by atoms with Gasteiger partial charge < -0.3 is 18.9 Å². The number of benzene rings is 1. The first-order valence-electron chi connectivity index (χ1n) is 12.7. The van der Waals surface area contributed by atoms with E-state index in [0.717, 1.165) is 32.1 Å². The van der Waals surface area contributed by atoms with Crippen LogP contribution in [0.4, 0.5) is 14.7 Å². The van der Waals surface area contributed by atoms with Gasteiger partial charge in [-0.05, 0) is 50.2 Å². The lowest BCUT2D eigenvalue weighted by molar-refractivity contribution is 0.0133. The van der Waals surface area contributed by atoms with Gasteiger partial charge in [0.05, 0.1) is 30.9 Å². The van der Waals surface area contributed by atoms with Crippen molar-refractivity contribution in [2.75, 3.05) is 12.0 Å². The summed E-state index contributed by atoms with van der Waals surface area (Å²) in [5, 5.41) is 4.07. The van der Waals surface area contributed by atoms with Gasteiger partial charge in [-0.1, -0.05) is 18.1 Å². The first-order chi connectivity index (χ1) is 17.9. The lowest BCUT2D eigenvalue weighted by atomic mass is 9.97. The number of hydrogen-bond donors (Lipinski definition) is 0. The van der Waals surface area contributed by atoms with Crippen LogP contribution >= 0.6 is 0 Å². The molecule has 10 heteroatoms. The van der Waals surface area contributed by atoms with Crippen molar-refractivity contribution in [2.45, 2.75) is 69.7 Å². The molecule has 0 spiro atoms. The van der Waals surface area contributed by atoms with E-state index in [1.165, 1.54) is 37.7 Å². The van der Waals surface area contributed by atoms with E-state index in [-0.39, 0.29) is 42.0 Å². The van der Waals surface area contributed by atoms with Crippen LogP contribution in [0, 0.1) is 17.6 Å². The van der Waals surface area contributed by atoms with Gasteiger partial charge in [0.2, 0.25) is 5.95 Å². The van der Waals surface area contributed by atoms with Gasteiger partial charge in [-0.2, -0.15) is 0 Å². The lowest BCUT2D eigenvalue weighted by Gasteiger charge is -2.39.